The van der Waals surface area contributed by atoms with E-state index in [1.165, 1.54) is 21.5 Å². The number of aryl methyl sites for hydroxylation is 1. The summed E-state index contributed by atoms with van der Waals surface area (Å²) in [7, 11) is 0. The van der Waals surface area contributed by atoms with Crippen LogP contribution in [0.25, 0.3) is 11.0 Å². The molecule has 7 rings (SSSR count). The lowest BCUT2D eigenvalue weighted by atomic mass is 9.85. The molecular formula is C32H30F2N6O6. The summed E-state index contributed by atoms with van der Waals surface area (Å²) in [6.45, 7) is 2.91. The zero-order chi connectivity index (χ0) is 32.5. The summed E-state index contributed by atoms with van der Waals surface area (Å²) in [4.78, 5) is 69.3. The van der Waals surface area contributed by atoms with Crippen LogP contribution in [0.15, 0.2) is 47.4 Å². The van der Waals surface area contributed by atoms with Crippen molar-refractivity contribution in [3.8, 4) is 5.75 Å². The van der Waals surface area contributed by atoms with Crippen molar-refractivity contribution in [2.45, 2.75) is 63.9 Å². The third kappa shape index (κ3) is 4.71. The van der Waals surface area contributed by atoms with Gasteiger partial charge in [-0.15, -0.1) is 0 Å². The van der Waals surface area contributed by atoms with Crippen molar-refractivity contribution in [3.05, 3.63) is 92.7 Å². The van der Waals surface area contributed by atoms with Gasteiger partial charge in [-0.3, -0.25) is 24.0 Å². The van der Waals surface area contributed by atoms with Crippen molar-refractivity contribution in [1.82, 2.24) is 29.8 Å². The number of benzene rings is 2. The van der Waals surface area contributed by atoms with Crippen LogP contribution in [-0.4, -0.2) is 65.5 Å². The Morgan fingerprint density at radius 2 is 1.93 bits per heavy atom. The van der Waals surface area contributed by atoms with Crippen LogP contribution in [0, 0.1) is 18.6 Å². The maximum atomic E-state index is 14.4. The van der Waals surface area contributed by atoms with E-state index in [1.807, 2.05) is 31.2 Å². The highest BCUT2D eigenvalue weighted by molar-refractivity contribution is 5.99. The summed E-state index contributed by atoms with van der Waals surface area (Å²) >= 11 is 0. The van der Waals surface area contributed by atoms with Gasteiger partial charge in [0.15, 0.2) is 11.4 Å². The first-order valence-electron chi connectivity index (χ1n) is 14.9. The van der Waals surface area contributed by atoms with Crippen molar-refractivity contribution in [1.29, 1.82) is 0 Å². The predicted molar refractivity (Wildman–Crippen MR) is 158 cm³/mol. The molecule has 12 nitrogen and oxygen atoms in total. The molecule has 3 aliphatic rings. The van der Waals surface area contributed by atoms with Gasteiger partial charge >= 0.3 is 0 Å². The minimum Gasteiger partial charge on any atom is -0.503 e. The van der Waals surface area contributed by atoms with Gasteiger partial charge in [0.2, 0.25) is 11.3 Å². The lowest BCUT2D eigenvalue weighted by molar-refractivity contribution is -0.218. The van der Waals surface area contributed by atoms with E-state index in [9.17, 15) is 33.1 Å². The molecule has 2 aromatic heterocycles. The molecule has 0 unspecified atom stereocenters. The normalized spacial score (nSPS) is 22.4. The van der Waals surface area contributed by atoms with Gasteiger partial charge in [-0.2, -0.15) is 0 Å². The lowest BCUT2D eigenvalue weighted by Crippen LogP contribution is -2.52. The molecule has 3 aliphatic heterocycles. The molecule has 2 bridgehead atoms. The zero-order valence-electron chi connectivity index (χ0n) is 25.0. The second kappa shape index (κ2) is 10.8. The number of aromatic amines is 1. The number of carbonyl (C=O) groups excluding carboxylic acids is 3. The summed E-state index contributed by atoms with van der Waals surface area (Å²) in [6, 6.07) is 8.59. The summed E-state index contributed by atoms with van der Waals surface area (Å²) in [6.07, 6.45) is 1.91. The fourth-order valence-corrected chi connectivity index (χ4v) is 6.77. The fraction of sp³-hybridized carbons (Fsp3) is 0.344. The molecule has 238 valence electrons. The van der Waals surface area contributed by atoms with Crippen LogP contribution < -0.4 is 10.7 Å². The van der Waals surface area contributed by atoms with Gasteiger partial charge in [-0.1, -0.05) is 12.1 Å². The maximum absolute atomic E-state index is 14.4. The summed E-state index contributed by atoms with van der Waals surface area (Å²) in [5, 5.41) is 14.6. The van der Waals surface area contributed by atoms with Crippen LogP contribution in [0.1, 0.15) is 70.0 Å². The number of hydrogen-bond acceptors (Lipinski definition) is 7. The van der Waals surface area contributed by atoms with Crippen LogP contribution in [-0.2, 0) is 22.7 Å². The number of aromatic hydroxyl groups is 1. The third-order valence-electron chi connectivity index (χ3n) is 9.21. The molecule has 14 heteroatoms. The van der Waals surface area contributed by atoms with Crippen molar-refractivity contribution in [2.24, 2.45) is 0 Å². The monoisotopic (exact) mass is 632 g/mol. The summed E-state index contributed by atoms with van der Waals surface area (Å²) in [5.41, 5.74) is -1.67. The number of imidazole rings is 1. The number of amides is 3. The predicted octanol–water partition coefficient (Wildman–Crippen LogP) is 3.23. The van der Waals surface area contributed by atoms with Crippen molar-refractivity contribution in [3.63, 3.8) is 0 Å². The molecule has 1 spiro atoms. The minimum absolute atomic E-state index is 0.0300. The van der Waals surface area contributed by atoms with Crippen molar-refractivity contribution < 1.29 is 33.1 Å². The number of rotatable bonds is 5. The Morgan fingerprint density at radius 1 is 1.20 bits per heavy atom. The molecule has 0 saturated carbocycles. The number of H-pyrrole nitrogens is 1. The Kier molecular flexibility index (Phi) is 6.92. The topological polar surface area (TPSA) is 150 Å². The van der Waals surface area contributed by atoms with Crippen LogP contribution >= 0.6 is 0 Å². The highest BCUT2D eigenvalue weighted by atomic mass is 19.1. The van der Waals surface area contributed by atoms with Gasteiger partial charge in [0.25, 0.3) is 11.8 Å². The number of hydrogen-bond donors (Lipinski definition) is 3. The van der Waals surface area contributed by atoms with E-state index in [1.54, 1.807) is 0 Å². The number of aromatic nitrogens is 3. The fourth-order valence-electron chi connectivity index (χ4n) is 6.77. The van der Waals surface area contributed by atoms with E-state index in [2.05, 4.69) is 15.3 Å². The van der Waals surface area contributed by atoms with E-state index in [0.717, 1.165) is 29.4 Å². The second-order valence-electron chi connectivity index (χ2n) is 12.2. The van der Waals surface area contributed by atoms with Gasteiger partial charge in [0.1, 0.15) is 35.2 Å². The van der Waals surface area contributed by atoms with Gasteiger partial charge in [0.05, 0.1) is 23.5 Å². The molecule has 2 aromatic carbocycles. The first kappa shape index (κ1) is 29.6. The highest BCUT2D eigenvalue weighted by Gasteiger charge is 2.56. The van der Waals surface area contributed by atoms with E-state index in [-0.39, 0.29) is 37.2 Å². The van der Waals surface area contributed by atoms with E-state index in [4.69, 9.17) is 4.84 Å². The standard InChI is InChI=1S/C32H30F2N6O6/c1-16-9-20(33)18(21(34)10-16)12-35-30(44)19-13-39-24-14-38(31(45)27(39)29(43)28(19)42)17(2)7-8-32(24)11-26(41)40(46-32)15-25-36-22-5-3-4-6-23(22)37-25/h3-6,9-10,13,17,24,43H,7-8,11-12,14-15H2,1-2H3,(H,35,44)(H,36,37)/t17-,24+,32-/m0/s1. The second-order valence-corrected chi connectivity index (χ2v) is 12.2. The first-order chi connectivity index (χ1) is 22.0. The van der Waals surface area contributed by atoms with Crippen LogP contribution in [0.2, 0.25) is 0 Å². The number of fused-ring (bicyclic) bond motifs is 6. The largest absolute Gasteiger partial charge is 0.503 e. The average Bonchev–Trinajstić information content (AvgIpc) is 3.53. The zero-order valence-corrected chi connectivity index (χ0v) is 25.0. The molecule has 0 aliphatic carbocycles. The van der Waals surface area contributed by atoms with E-state index < -0.39 is 63.9 Å². The van der Waals surface area contributed by atoms with E-state index >= 15 is 0 Å². The molecular weight excluding hydrogens is 602 g/mol. The highest BCUT2D eigenvalue weighted by Crippen LogP contribution is 2.47. The Balaban J connectivity index is 1.24. The Morgan fingerprint density at radius 3 is 2.67 bits per heavy atom. The molecule has 0 radical (unpaired) electrons. The van der Waals surface area contributed by atoms with Gasteiger partial charge < -0.3 is 24.9 Å². The molecule has 5 heterocycles. The van der Waals surface area contributed by atoms with Gasteiger partial charge in [-0.25, -0.2) is 18.8 Å². The van der Waals surface area contributed by atoms with Crippen molar-refractivity contribution in [2.75, 3.05) is 6.54 Å². The quantitative estimate of drug-likeness (QED) is 0.306. The Bertz CT molecular complexity index is 1950. The molecule has 46 heavy (non-hydrogen) atoms. The molecule has 3 amide bonds. The lowest BCUT2D eigenvalue weighted by Gasteiger charge is -2.42. The molecule has 4 aromatic rings. The number of hydroxylamine groups is 2. The Hall–Kier alpha value is -5.11. The van der Waals surface area contributed by atoms with Crippen molar-refractivity contribution >= 4 is 28.8 Å². The smallest absolute Gasteiger partial charge is 0.274 e. The van der Waals surface area contributed by atoms with E-state index in [0.29, 0.717) is 24.2 Å². The summed E-state index contributed by atoms with van der Waals surface area (Å²) in [5.74, 6) is -4.07. The van der Waals surface area contributed by atoms with Gasteiger partial charge in [-0.05, 0) is 56.5 Å². The number of halogens is 2. The van der Waals surface area contributed by atoms with Crippen LogP contribution in [0.4, 0.5) is 8.78 Å². The third-order valence-corrected chi connectivity index (χ3v) is 9.21. The number of para-hydroxylation sites is 2. The Labute approximate surface area is 260 Å². The van der Waals surface area contributed by atoms with Crippen LogP contribution in [0.3, 0.4) is 0 Å². The number of nitrogens with zero attached hydrogens (tertiary/aromatic N) is 4. The first-order valence-corrected chi connectivity index (χ1v) is 14.9. The number of carbonyl (C=O) groups is 3. The average molecular weight is 633 g/mol. The number of nitrogens with one attached hydrogen (secondary N) is 2. The molecule has 2 saturated heterocycles. The molecule has 2 fully saturated rings. The maximum Gasteiger partial charge on any atom is 0.274 e. The van der Waals surface area contributed by atoms with Crippen LogP contribution in [0.5, 0.6) is 5.75 Å². The van der Waals surface area contributed by atoms with Gasteiger partial charge in [0, 0.05) is 30.9 Å². The SMILES string of the molecule is Cc1cc(F)c(CNC(=O)c2cn3c(c(O)c2=O)C(=O)N2C[C@@H]3[C@]3(CC[C@@H]2C)CC(=O)N(Cc2nc4ccccc4[nH]2)O3)c(F)c1. The summed E-state index contributed by atoms with van der Waals surface area (Å²) < 4.78 is 30.2. The number of pyridine rings is 1. The molecule has 3 N–H and O–H groups in total. The minimum atomic E-state index is -1.19. The molecule has 3 atom stereocenters.